The number of para-hydroxylation sites is 1. The van der Waals surface area contributed by atoms with Gasteiger partial charge in [0.05, 0.1) is 24.3 Å². The van der Waals surface area contributed by atoms with Gasteiger partial charge in [-0.25, -0.2) is 8.42 Å². The Kier molecular flexibility index (Phi) is 4.94. The highest BCUT2D eigenvalue weighted by Crippen LogP contribution is 2.32. The van der Waals surface area contributed by atoms with E-state index in [9.17, 15) is 18.0 Å². The number of anilines is 1. The lowest BCUT2D eigenvalue weighted by Gasteiger charge is -2.39. The highest BCUT2D eigenvalue weighted by atomic mass is 32.2. The topological polar surface area (TPSA) is 108 Å². The Labute approximate surface area is 181 Å². The molecular weight excluding hydrogens is 416 g/mol. The minimum Gasteiger partial charge on any atom is -0.368 e. The number of hydrogen-bond acceptors (Lipinski definition) is 5. The second kappa shape index (κ2) is 7.65. The SMILES string of the molecule is O=C1N[C@@H](CC(=O)N2CCC([C@H]3Nc4ccccc4S(=O)(=O)N3)CC2)c2ccccc21. The second-order valence-electron chi connectivity index (χ2n) is 8.28. The van der Waals surface area contributed by atoms with Gasteiger partial charge in [-0.3, -0.25) is 9.59 Å². The van der Waals surface area contributed by atoms with Crippen molar-refractivity contribution in [1.82, 2.24) is 14.9 Å². The van der Waals surface area contributed by atoms with Crippen molar-refractivity contribution in [3.8, 4) is 0 Å². The van der Waals surface area contributed by atoms with Crippen LogP contribution in [0.3, 0.4) is 0 Å². The summed E-state index contributed by atoms with van der Waals surface area (Å²) in [5.41, 5.74) is 2.12. The van der Waals surface area contributed by atoms with Crippen LogP contribution in [0.4, 0.5) is 5.69 Å². The zero-order chi connectivity index (χ0) is 21.6. The van der Waals surface area contributed by atoms with Crippen LogP contribution in [0.15, 0.2) is 53.4 Å². The van der Waals surface area contributed by atoms with Crippen LogP contribution >= 0.6 is 0 Å². The van der Waals surface area contributed by atoms with Crippen LogP contribution in [0, 0.1) is 5.92 Å². The predicted octanol–water partition coefficient (Wildman–Crippen LogP) is 1.83. The molecule has 0 unspecified atom stereocenters. The molecule has 2 atom stereocenters. The van der Waals surface area contributed by atoms with Crippen LogP contribution in [0.1, 0.15) is 41.2 Å². The lowest BCUT2D eigenvalue weighted by molar-refractivity contribution is -0.133. The van der Waals surface area contributed by atoms with Crippen LogP contribution in [0.2, 0.25) is 0 Å². The third kappa shape index (κ3) is 3.68. The number of benzene rings is 2. The molecule has 2 amide bonds. The highest BCUT2D eigenvalue weighted by Gasteiger charge is 2.37. The third-order valence-corrected chi connectivity index (χ3v) is 7.90. The van der Waals surface area contributed by atoms with Gasteiger partial charge in [0.1, 0.15) is 4.90 Å². The molecule has 0 spiro atoms. The normalized spacial score (nSPS) is 24.6. The number of hydrogen-bond donors (Lipinski definition) is 3. The Hall–Kier alpha value is -2.91. The smallest absolute Gasteiger partial charge is 0.252 e. The van der Waals surface area contributed by atoms with Crippen molar-refractivity contribution in [2.45, 2.75) is 36.4 Å². The molecule has 5 rings (SSSR count). The molecule has 3 aliphatic rings. The molecular formula is C22H24N4O4S. The van der Waals surface area contributed by atoms with Crippen LogP contribution in [-0.2, 0) is 14.8 Å². The lowest BCUT2D eigenvalue weighted by Crippen LogP contribution is -2.52. The van der Waals surface area contributed by atoms with Gasteiger partial charge in [0.2, 0.25) is 15.9 Å². The zero-order valence-electron chi connectivity index (χ0n) is 16.9. The molecule has 31 heavy (non-hydrogen) atoms. The van der Waals surface area contributed by atoms with E-state index in [1.165, 1.54) is 0 Å². The Morgan fingerprint density at radius 3 is 2.52 bits per heavy atom. The third-order valence-electron chi connectivity index (χ3n) is 6.40. The maximum absolute atomic E-state index is 12.9. The standard InChI is InChI=1S/C22H24N4O4S/c27-20(13-18-15-5-1-2-6-16(15)22(28)24-18)26-11-9-14(10-12-26)21-23-17-7-3-4-8-19(17)31(29,30)25-21/h1-8,14,18,21,23,25H,9-13H2,(H,24,28)/t18-,21-/m0/s1. The summed E-state index contributed by atoms with van der Waals surface area (Å²) in [5, 5.41) is 6.19. The fraction of sp³-hybridized carbons (Fsp3) is 0.364. The first kappa shape index (κ1) is 20.0. The molecule has 0 aromatic heterocycles. The Bertz CT molecular complexity index is 1140. The summed E-state index contributed by atoms with van der Waals surface area (Å²) in [6, 6.07) is 13.9. The van der Waals surface area contributed by atoms with Gasteiger partial charge in [-0.05, 0) is 42.5 Å². The second-order valence-corrected chi connectivity index (χ2v) is 9.96. The fourth-order valence-corrected chi connectivity index (χ4v) is 6.12. The minimum absolute atomic E-state index is 0.00276. The molecule has 0 aliphatic carbocycles. The molecule has 3 N–H and O–H groups in total. The number of carbonyl (C=O) groups is 2. The van der Waals surface area contributed by atoms with Gasteiger partial charge in [0, 0.05) is 18.7 Å². The van der Waals surface area contributed by atoms with Gasteiger partial charge in [-0.1, -0.05) is 30.3 Å². The van der Waals surface area contributed by atoms with Gasteiger partial charge >= 0.3 is 0 Å². The Balaban J connectivity index is 1.21. The number of sulfonamides is 1. The number of fused-ring (bicyclic) bond motifs is 2. The van der Waals surface area contributed by atoms with Crippen LogP contribution in [0.5, 0.6) is 0 Å². The highest BCUT2D eigenvalue weighted by molar-refractivity contribution is 7.89. The average Bonchev–Trinajstić information content (AvgIpc) is 3.09. The number of rotatable bonds is 3. The first-order chi connectivity index (χ1) is 14.9. The summed E-state index contributed by atoms with van der Waals surface area (Å²) in [6.45, 7) is 1.13. The van der Waals surface area contributed by atoms with E-state index in [0.717, 1.165) is 5.56 Å². The quantitative estimate of drug-likeness (QED) is 0.675. The summed E-state index contributed by atoms with van der Waals surface area (Å²) in [5.74, 6) is -0.0508. The zero-order valence-corrected chi connectivity index (χ0v) is 17.7. The van der Waals surface area contributed by atoms with Crippen molar-refractivity contribution < 1.29 is 18.0 Å². The van der Waals surface area contributed by atoms with Crippen molar-refractivity contribution in [2.24, 2.45) is 5.92 Å². The molecule has 8 nitrogen and oxygen atoms in total. The number of nitrogens with zero attached hydrogens (tertiary/aromatic N) is 1. The number of carbonyl (C=O) groups excluding carboxylic acids is 2. The monoisotopic (exact) mass is 440 g/mol. The molecule has 162 valence electrons. The average molecular weight is 441 g/mol. The summed E-state index contributed by atoms with van der Waals surface area (Å²) in [7, 11) is -3.55. The van der Waals surface area contributed by atoms with Crippen molar-refractivity contribution in [3.05, 3.63) is 59.7 Å². The number of amides is 2. The molecule has 0 bridgehead atoms. The molecule has 2 aromatic carbocycles. The Morgan fingerprint density at radius 2 is 1.71 bits per heavy atom. The van der Waals surface area contributed by atoms with E-state index in [2.05, 4.69) is 15.4 Å². The van der Waals surface area contributed by atoms with Gasteiger partial charge in [0.15, 0.2) is 0 Å². The predicted molar refractivity (Wildman–Crippen MR) is 115 cm³/mol. The lowest BCUT2D eigenvalue weighted by atomic mass is 9.93. The Morgan fingerprint density at radius 1 is 1.00 bits per heavy atom. The number of nitrogens with one attached hydrogen (secondary N) is 3. The molecule has 0 saturated carbocycles. The molecule has 1 saturated heterocycles. The summed E-state index contributed by atoms with van der Waals surface area (Å²) in [6.07, 6.45) is 1.23. The van der Waals surface area contributed by atoms with Crippen LogP contribution in [-0.4, -0.2) is 44.4 Å². The van der Waals surface area contributed by atoms with E-state index in [0.29, 0.717) is 37.2 Å². The van der Waals surface area contributed by atoms with Gasteiger partial charge in [-0.2, -0.15) is 4.72 Å². The van der Waals surface area contributed by atoms with Crippen molar-refractivity contribution in [3.63, 3.8) is 0 Å². The summed E-state index contributed by atoms with van der Waals surface area (Å²) >= 11 is 0. The summed E-state index contributed by atoms with van der Waals surface area (Å²) < 4.78 is 27.9. The number of likely N-dealkylation sites (tertiary alicyclic amines) is 1. The molecule has 0 radical (unpaired) electrons. The maximum atomic E-state index is 12.9. The summed E-state index contributed by atoms with van der Waals surface area (Å²) in [4.78, 5) is 27.0. The maximum Gasteiger partial charge on any atom is 0.252 e. The van der Waals surface area contributed by atoms with E-state index in [4.69, 9.17) is 0 Å². The molecule has 9 heteroatoms. The molecule has 2 aromatic rings. The van der Waals surface area contributed by atoms with Gasteiger partial charge in [-0.15, -0.1) is 0 Å². The molecule has 3 heterocycles. The first-order valence-corrected chi connectivity index (χ1v) is 12.0. The first-order valence-electron chi connectivity index (χ1n) is 10.5. The number of piperidine rings is 1. The van der Waals surface area contributed by atoms with Gasteiger partial charge < -0.3 is 15.5 Å². The largest absolute Gasteiger partial charge is 0.368 e. The van der Waals surface area contributed by atoms with E-state index < -0.39 is 16.2 Å². The molecule has 3 aliphatic heterocycles. The van der Waals surface area contributed by atoms with E-state index >= 15 is 0 Å². The van der Waals surface area contributed by atoms with Crippen LogP contribution in [0.25, 0.3) is 0 Å². The van der Waals surface area contributed by atoms with E-state index in [1.54, 1.807) is 24.3 Å². The van der Waals surface area contributed by atoms with Crippen molar-refractivity contribution in [2.75, 3.05) is 18.4 Å². The molecule has 1 fully saturated rings. The van der Waals surface area contributed by atoms with Gasteiger partial charge in [0.25, 0.3) is 5.91 Å². The van der Waals surface area contributed by atoms with Crippen molar-refractivity contribution in [1.29, 1.82) is 0 Å². The minimum atomic E-state index is -3.55. The van der Waals surface area contributed by atoms with E-state index in [1.807, 2.05) is 29.2 Å². The van der Waals surface area contributed by atoms with Crippen molar-refractivity contribution >= 4 is 27.5 Å². The fourth-order valence-electron chi connectivity index (χ4n) is 4.73. The van der Waals surface area contributed by atoms with E-state index in [-0.39, 0.29) is 35.1 Å². The van der Waals surface area contributed by atoms with Crippen LogP contribution < -0.4 is 15.4 Å².